The van der Waals surface area contributed by atoms with E-state index in [4.69, 9.17) is 9.73 Å². The maximum absolute atomic E-state index is 11.9. The van der Waals surface area contributed by atoms with Crippen LogP contribution in [0.25, 0.3) is 0 Å². The third-order valence-electron chi connectivity index (χ3n) is 4.53. The highest BCUT2D eigenvalue weighted by Crippen LogP contribution is 2.14. The van der Waals surface area contributed by atoms with E-state index in [1.807, 2.05) is 0 Å². The van der Waals surface area contributed by atoms with E-state index in [2.05, 4.69) is 46.1 Å². The molecule has 0 spiro atoms. The molecule has 7 nitrogen and oxygen atoms in total. The number of thioether (sulfide) groups is 1. The second-order valence-corrected chi connectivity index (χ2v) is 7.87. The number of amides is 1. The number of hydrogen-bond donors (Lipinski definition) is 2. The number of nitrogens with one attached hydrogen (secondary N) is 2. The molecule has 1 fully saturated rings. The van der Waals surface area contributed by atoms with Gasteiger partial charge in [0.25, 0.3) is 0 Å². The molecule has 1 aromatic carbocycles. The van der Waals surface area contributed by atoms with Gasteiger partial charge in [0, 0.05) is 46.0 Å². The Morgan fingerprint density at radius 2 is 1.93 bits per heavy atom. The predicted molar refractivity (Wildman–Crippen MR) is 117 cm³/mol. The monoisotopic (exact) mass is 407 g/mol. The van der Waals surface area contributed by atoms with E-state index in [1.54, 1.807) is 30.8 Å². The van der Waals surface area contributed by atoms with Crippen LogP contribution >= 0.6 is 11.8 Å². The number of aliphatic imine (C=N–C) groups is 1. The molecule has 1 aromatic rings. The second-order valence-electron chi connectivity index (χ2n) is 6.88. The third kappa shape index (κ3) is 8.08. The summed E-state index contributed by atoms with van der Waals surface area (Å²) in [5.41, 5.74) is 2.50. The van der Waals surface area contributed by atoms with Crippen LogP contribution in [0.5, 0.6) is 0 Å². The summed E-state index contributed by atoms with van der Waals surface area (Å²) in [5, 5.41) is 6.45. The fraction of sp³-hybridized carbons (Fsp3) is 0.600. The Bertz CT molecular complexity index is 633. The van der Waals surface area contributed by atoms with Crippen molar-refractivity contribution in [2.75, 3.05) is 65.5 Å². The Hall–Kier alpha value is -1.77. The highest BCUT2D eigenvalue weighted by molar-refractivity contribution is 7.98. The number of guanidine groups is 1. The van der Waals surface area contributed by atoms with Gasteiger partial charge in [0.15, 0.2) is 5.96 Å². The van der Waals surface area contributed by atoms with E-state index < -0.39 is 0 Å². The summed E-state index contributed by atoms with van der Waals surface area (Å²) in [6.07, 6.45) is 2.07. The van der Waals surface area contributed by atoms with E-state index in [-0.39, 0.29) is 12.5 Å². The van der Waals surface area contributed by atoms with Crippen LogP contribution in [0, 0.1) is 0 Å². The van der Waals surface area contributed by atoms with Crippen LogP contribution in [0.4, 0.5) is 0 Å². The average molecular weight is 408 g/mol. The predicted octanol–water partition coefficient (Wildman–Crippen LogP) is 1.01. The van der Waals surface area contributed by atoms with Gasteiger partial charge in [0.05, 0.1) is 26.3 Å². The van der Waals surface area contributed by atoms with Crippen molar-refractivity contribution in [3.05, 3.63) is 35.4 Å². The summed E-state index contributed by atoms with van der Waals surface area (Å²) in [4.78, 5) is 20.6. The van der Waals surface area contributed by atoms with Crippen molar-refractivity contribution in [3.63, 3.8) is 0 Å². The molecule has 1 amide bonds. The van der Waals surface area contributed by atoms with Crippen molar-refractivity contribution in [2.24, 2.45) is 4.99 Å². The molecule has 28 heavy (non-hydrogen) atoms. The fourth-order valence-corrected chi connectivity index (χ4v) is 3.10. The lowest BCUT2D eigenvalue weighted by atomic mass is 10.1. The number of rotatable bonds is 9. The Morgan fingerprint density at radius 1 is 1.21 bits per heavy atom. The minimum absolute atomic E-state index is 0.0204. The molecule has 1 heterocycles. The lowest BCUT2D eigenvalue weighted by Crippen LogP contribution is -2.43. The number of nitrogens with zero attached hydrogens (tertiary/aromatic N) is 3. The smallest absolute Gasteiger partial charge is 0.241 e. The highest BCUT2D eigenvalue weighted by atomic mass is 32.2. The number of carbonyl (C=O) groups excluding carboxylic acids is 1. The maximum Gasteiger partial charge on any atom is 0.241 e. The molecule has 1 aliphatic rings. The third-order valence-corrected chi connectivity index (χ3v) is 5.14. The largest absolute Gasteiger partial charge is 0.379 e. The number of carbonyl (C=O) groups is 1. The number of benzene rings is 1. The van der Waals surface area contributed by atoms with Crippen molar-refractivity contribution < 1.29 is 9.53 Å². The molecule has 2 N–H and O–H groups in total. The molecule has 0 saturated carbocycles. The van der Waals surface area contributed by atoms with Gasteiger partial charge >= 0.3 is 0 Å². The first kappa shape index (κ1) is 22.5. The molecule has 1 aliphatic heterocycles. The van der Waals surface area contributed by atoms with Crippen molar-refractivity contribution in [1.29, 1.82) is 0 Å². The molecular weight excluding hydrogens is 374 g/mol. The topological polar surface area (TPSA) is 69.2 Å². The zero-order chi connectivity index (χ0) is 20.2. The molecule has 2 rings (SSSR count). The minimum Gasteiger partial charge on any atom is -0.379 e. The zero-order valence-electron chi connectivity index (χ0n) is 17.2. The van der Waals surface area contributed by atoms with Gasteiger partial charge in [-0.25, -0.2) is 4.99 Å². The Morgan fingerprint density at radius 3 is 2.61 bits per heavy atom. The first-order chi connectivity index (χ1) is 13.6. The molecular formula is C20H33N5O2S. The van der Waals surface area contributed by atoms with Crippen LogP contribution in [-0.2, 0) is 22.6 Å². The van der Waals surface area contributed by atoms with Crippen LogP contribution in [0.2, 0.25) is 0 Å². The summed E-state index contributed by atoms with van der Waals surface area (Å²) in [7, 11) is 3.51. The summed E-state index contributed by atoms with van der Waals surface area (Å²) in [5.74, 6) is 1.67. The van der Waals surface area contributed by atoms with Crippen molar-refractivity contribution in [3.8, 4) is 0 Å². The van der Waals surface area contributed by atoms with Crippen LogP contribution in [0.3, 0.4) is 0 Å². The summed E-state index contributed by atoms with van der Waals surface area (Å²) >= 11 is 1.77. The Kier molecular flexibility index (Phi) is 10.2. The lowest BCUT2D eigenvalue weighted by Gasteiger charge is -2.27. The number of likely N-dealkylation sites (N-methyl/N-ethyl adjacent to an activating group) is 1. The summed E-state index contributed by atoms with van der Waals surface area (Å²) in [6, 6.07) is 8.43. The standard InChI is InChI=1S/C20H33N5O2S/c1-24(2)19(26)15-23-20(21-8-13-28-3)22-14-17-6-4-5-7-18(17)16-25-9-11-27-12-10-25/h4-7H,8-16H2,1-3H3,(H2,21,22,23). The lowest BCUT2D eigenvalue weighted by molar-refractivity contribution is -0.127. The van der Waals surface area contributed by atoms with Crippen LogP contribution in [0.1, 0.15) is 11.1 Å². The van der Waals surface area contributed by atoms with Gasteiger partial charge in [-0.2, -0.15) is 11.8 Å². The fourth-order valence-electron chi connectivity index (χ4n) is 2.79. The Balaban J connectivity index is 2.01. The molecule has 156 valence electrons. The molecule has 1 saturated heterocycles. The van der Waals surface area contributed by atoms with Gasteiger partial charge in [-0.1, -0.05) is 24.3 Å². The van der Waals surface area contributed by atoms with Gasteiger partial charge in [-0.3, -0.25) is 9.69 Å². The molecule has 8 heteroatoms. The van der Waals surface area contributed by atoms with E-state index in [0.717, 1.165) is 45.1 Å². The van der Waals surface area contributed by atoms with Crippen LogP contribution < -0.4 is 10.6 Å². The Labute approximate surface area is 172 Å². The molecule has 0 atom stereocenters. The minimum atomic E-state index is 0.0204. The number of morpholine rings is 1. The maximum atomic E-state index is 11.9. The van der Waals surface area contributed by atoms with Gasteiger partial charge in [-0.05, 0) is 17.4 Å². The zero-order valence-corrected chi connectivity index (χ0v) is 18.1. The average Bonchev–Trinajstić information content (AvgIpc) is 2.71. The SMILES string of the molecule is CSCCNC(=NCc1ccccc1CN1CCOCC1)NCC(=O)N(C)C. The van der Waals surface area contributed by atoms with Gasteiger partial charge in [0.1, 0.15) is 0 Å². The molecule has 0 unspecified atom stereocenters. The first-order valence-corrected chi connectivity index (χ1v) is 11.1. The van der Waals surface area contributed by atoms with E-state index in [0.29, 0.717) is 12.5 Å². The molecule has 0 aromatic heterocycles. The van der Waals surface area contributed by atoms with Gasteiger partial charge < -0.3 is 20.3 Å². The van der Waals surface area contributed by atoms with E-state index in [1.165, 1.54) is 11.1 Å². The van der Waals surface area contributed by atoms with Crippen LogP contribution in [-0.4, -0.2) is 87.2 Å². The van der Waals surface area contributed by atoms with Crippen molar-refractivity contribution in [2.45, 2.75) is 13.1 Å². The van der Waals surface area contributed by atoms with Crippen LogP contribution in [0.15, 0.2) is 29.3 Å². The van der Waals surface area contributed by atoms with Gasteiger partial charge in [0.2, 0.25) is 5.91 Å². The second kappa shape index (κ2) is 12.6. The van der Waals surface area contributed by atoms with Crippen molar-refractivity contribution in [1.82, 2.24) is 20.4 Å². The van der Waals surface area contributed by atoms with E-state index in [9.17, 15) is 4.79 Å². The van der Waals surface area contributed by atoms with E-state index >= 15 is 0 Å². The molecule has 0 radical (unpaired) electrons. The first-order valence-electron chi connectivity index (χ1n) is 9.68. The van der Waals surface area contributed by atoms with Gasteiger partial charge in [-0.15, -0.1) is 0 Å². The number of ether oxygens (including phenoxy) is 1. The normalized spacial score (nSPS) is 15.3. The molecule has 0 bridgehead atoms. The van der Waals surface area contributed by atoms with Crippen molar-refractivity contribution >= 4 is 23.6 Å². The summed E-state index contributed by atoms with van der Waals surface area (Å²) in [6.45, 7) is 6.05. The quantitative estimate of drug-likeness (QED) is 0.362. The number of hydrogen-bond acceptors (Lipinski definition) is 5. The highest BCUT2D eigenvalue weighted by Gasteiger charge is 2.13. The molecule has 0 aliphatic carbocycles. The summed E-state index contributed by atoms with van der Waals surface area (Å²) < 4.78 is 5.44.